The van der Waals surface area contributed by atoms with Gasteiger partial charge in [-0.1, -0.05) is 54.1 Å². The fraction of sp³-hybridized carbons (Fsp3) is 0.0526. The molecule has 2 N–H and O–H groups in total. The maximum atomic E-state index is 11.5. The third-order valence-electron chi connectivity index (χ3n) is 3.53. The number of benzene rings is 2. The first kappa shape index (κ1) is 17.2. The van der Waals surface area contributed by atoms with Gasteiger partial charge < -0.3 is 10.4 Å². The van der Waals surface area contributed by atoms with Gasteiger partial charge in [0.15, 0.2) is 4.47 Å². The van der Waals surface area contributed by atoms with E-state index >= 15 is 0 Å². The monoisotopic (exact) mass is 370 g/mol. The lowest BCUT2D eigenvalue weighted by molar-refractivity contribution is -0.130. The Morgan fingerprint density at radius 1 is 1.16 bits per heavy atom. The lowest BCUT2D eigenvalue weighted by Gasteiger charge is -2.06. The fourth-order valence-electron chi connectivity index (χ4n) is 2.30. The zero-order valence-electron chi connectivity index (χ0n) is 13.1. The summed E-state index contributed by atoms with van der Waals surface area (Å²) in [6, 6.07) is 16.7. The molecule has 1 aromatic heterocycles. The molecule has 0 aliphatic heterocycles. The zero-order chi connectivity index (χ0) is 17.6. The van der Waals surface area contributed by atoms with Gasteiger partial charge in [0.25, 0.3) is 0 Å². The lowest BCUT2D eigenvalue weighted by Crippen LogP contribution is -1.99. The standard InChI is InChI=1S/C19H15ClN2O2S/c20-19-22-12-16(25-19)11-21-15-8-6-13(7-9-15)10-17(18(23)24)14-4-2-1-3-5-14/h1-10,12,21H,11H2,(H,23,24). The lowest BCUT2D eigenvalue weighted by atomic mass is 10.0. The number of aromatic nitrogens is 1. The average molecular weight is 371 g/mol. The molecule has 0 saturated carbocycles. The topological polar surface area (TPSA) is 62.2 Å². The highest BCUT2D eigenvalue weighted by molar-refractivity contribution is 7.15. The van der Waals surface area contributed by atoms with Gasteiger partial charge in [0, 0.05) is 16.8 Å². The Labute approximate surface area is 154 Å². The highest BCUT2D eigenvalue weighted by atomic mass is 35.5. The third-order valence-corrected chi connectivity index (χ3v) is 4.64. The molecule has 0 atom stereocenters. The van der Waals surface area contributed by atoms with Crippen LogP contribution in [0.15, 0.2) is 60.8 Å². The van der Waals surface area contributed by atoms with Crippen LogP contribution in [0.5, 0.6) is 0 Å². The molecule has 0 saturated heterocycles. The second-order valence-electron chi connectivity index (χ2n) is 5.28. The largest absolute Gasteiger partial charge is 0.478 e. The maximum absolute atomic E-state index is 11.5. The molecule has 4 nitrogen and oxygen atoms in total. The number of nitrogens with one attached hydrogen (secondary N) is 1. The van der Waals surface area contributed by atoms with E-state index < -0.39 is 5.97 Å². The Morgan fingerprint density at radius 2 is 1.88 bits per heavy atom. The minimum Gasteiger partial charge on any atom is -0.478 e. The number of carbonyl (C=O) groups is 1. The van der Waals surface area contributed by atoms with E-state index in [9.17, 15) is 9.90 Å². The van der Waals surface area contributed by atoms with Crippen LogP contribution in [0.25, 0.3) is 11.6 Å². The van der Waals surface area contributed by atoms with Gasteiger partial charge in [0.05, 0.1) is 12.1 Å². The molecular formula is C19H15ClN2O2S. The van der Waals surface area contributed by atoms with Crippen LogP contribution in [0.4, 0.5) is 5.69 Å². The summed E-state index contributed by atoms with van der Waals surface area (Å²) in [6.45, 7) is 0.643. The molecule has 3 aromatic rings. The van der Waals surface area contributed by atoms with E-state index in [0.717, 1.165) is 16.1 Å². The Kier molecular flexibility index (Phi) is 5.48. The van der Waals surface area contributed by atoms with E-state index in [2.05, 4.69) is 10.3 Å². The van der Waals surface area contributed by atoms with Crippen LogP contribution in [0.1, 0.15) is 16.0 Å². The minimum absolute atomic E-state index is 0.264. The summed E-state index contributed by atoms with van der Waals surface area (Å²) in [5, 5.41) is 12.7. The number of carboxylic acid groups (broad SMARTS) is 1. The van der Waals surface area contributed by atoms with Crippen LogP contribution in [-0.4, -0.2) is 16.1 Å². The first-order valence-electron chi connectivity index (χ1n) is 7.56. The number of halogens is 1. The van der Waals surface area contributed by atoms with E-state index in [-0.39, 0.29) is 5.57 Å². The Hall–Kier alpha value is -2.63. The van der Waals surface area contributed by atoms with Crippen molar-refractivity contribution in [3.63, 3.8) is 0 Å². The van der Waals surface area contributed by atoms with Gasteiger partial charge in [-0.2, -0.15) is 0 Å². The van der Waals surface area contributed by atoms with Crippen LogP contribution in [-0.2, 0) is 11.3 Å². The second kappa shape index (κ2) is 7.96. The van der Waals surface area contributed by atoms with Crippen LogP contribution >= 0.6 is 22.9 Å². The summed E-state index contributed by atoms with van der Waals surface area (Å²) in [5.74, 6) is -0.949. The molecule has 0 amide bonds. The number of carboxylic acids is 1. The molecule has 0 fully saturated rings. The van der Waals surface area contributed by atoms with Gasteiger partial charge in [-0.25, -0.2) is 9.78 Å². The zero-order valence-corrected chi connectivity index (χ0v) is 14.7. The van der Waals surface area contributed by atoms with Crippen molar-refractivity contribution in [2.24, 2.45) is 0 Å². The number of thiazole rings is 1. The summed E-state index contributed by atoms with van der Waals surface area (Å²) in [5.41, 5.74) is 2.71. The van der Waals surface area contributed by atoms with Crippen LogP contribution in [0, 0.1) is 0 Å². The van der Waals surface area contributed by atoms with E-state index in [1.807, 2.05) is 42.5 Å². The molecule has 6 heteroatoms. The van der Waals surface area contributed by atoms with Crippen molar-refractivity contribution >= 4 is 46.2 Å². The molecule has 0 spiro atoms. The number of hydrogen-bond donors (Lipinski definition) is 2. The number of aliphatic carboxylic acids is 1. The molecule has 25 heavy (non-hydrogen) atoms. The summed E-state index contributed by atoms with van der Waals surface area (Å²) in [6.07, 6.45) is 3.42. The molecule has 2 aromatic carbocycles. The predicted molar refractivity (Wildman–Crippen MR) is 103 cm³/mol. The second-order valence-corrected chi connectivity index (χ2v) is 6.98. The predicted octanol–water partition coefficient (Wildman–Crippen LogP) is 5.03. The summed E-state index contributed by atoms with van der Waals surface area (Å²) < 4.78 is 0.527. The van der Waals surface area contributed by atoms with Crippen LogP contribution < -0.4 is 5.32 Å². The number of rotatable bonds is 6. The summed E-state index contributed by atoms with van der Waals surface area (Å²) in [4.78, 5) is 16.6. The molecule has 0 radical (unpaired) electrons. The normalized spacial score (nSPS) is 11.3. The smallest absolute Gasteiger partial charge is 0.336 e. The first-order valence-corrected chi connectivity index (χ1v) is 8.76. The number of anilines is 1. The number of hydrogen-bond acceptors (Lipinski definition) is 4. The molecule has 0 aliphatic carbocycles. The van der Waals surface area contributed by atoms with Gasteiger partial charge in [-0.3, -0.25) is 0 Å². The van der Waals surface area contributed by atoms with Crippen molar-refractivity contribution in [1.29, 1.82) is 0 Å². The van der Waals surface area contributed by atoms with Crippen molar-refractivity contribution in [1.82, 2.24) is 4.98 Å². The molecule has 0 aliphatic rings. The first-order chi connectivity index (χ1) is 12.1. The average Bonchev–Trinajstić information content (AvgIpc) is 3.05. The quantitative estimate of drug-likeness (QED) is 0.471. The molecule has 3 rings (SSSR count). The molecule has 126 valence electrons. The SMILES string of the molecule is O=C(O)C(=Cc1ccc(NCc2cnc(Cl)s2)cc1)c1ccccc1. The van der Waals surface area contributed by atoms with Crippen molar-refractivity contribution in [2.45, 2.75) is 6.54 Å². The van der Waals surface area contributed by atoms with Crippen molar-refractivity contribution in [2.75, 3.05) is 5.32 Å². The van der Waals surface area contributed by atoms with Crippen LogP contribution in [0.2, 0.25) is 4.47 Å². The van der Waals surface area contributed by atoms with Gasteiger partial charge >= 0.3 is 5.97 Å². The third kappa shape index (κ3) is 4.68. The summed E-state index contributed by atoms with van der Waals surface area (Å²) in [7, 11) is 0. The Morgan fingerprint density at radius 3 is 2.48 bits per heavy atom. The Bertz CT molecular complexity index is 889. The van der Waals surface area contributed by atoms with E-state index in [4.69, 9.17) is 11.6 Å². The molecule has 0 unspecified atom stereocenters. The van der Waals surface area contributed by atoms with Gasteiger partial charge in [-0.15, -0.1) is 11.3 Å². The molecule has 0 bridgehead atoms. The maximum Gasteiger partial charge on any atom is 0.336 e. The van der Waals surface area contributed by atoms with E-state index in [1.54, 1.807) is 24.4 Å². The van der Waals surface area contributed by atoms with Crippen molar-refractivity contribution in [3.8, 4) is 0 Å². The van der Waals surface area contributed by atoms with Gasteiger partial charge in [0.2, 0.25) is 0 Å². The fourth-order valence-corrected chi connectivity index (χ4v) is 3.22. The van der Waals surface area contributed by atoms with Gasteiger partial charge in [-0.05, 0) is 29.3 Å². The van der Waals surface area contributed by atoms with Crippen LogP contribution in [0.3, 0.4) is 0 Å². The summed E-state index contributed by atoms with van der Waals surface area (Å²) >= 11 is 7.25. The minimum atomic E-state index is -0.949. The highest BCUT2D eigenvalue weighted by Crippen LogP contribution is 2.21. The number of nitrogens with zero attached hydrogens (tertiary/aromatic N) is 1. The van der Waals surface area contributed by atoms with Crippen molar-refractivity contribution < 1.29 is 9.90 Å². The van der Waals surface area contributed by atoms with Gasteiger partial charge in [0.1, 0.15) is 0 Å². The highest BCUT2D eigenvalue weighted by Gasteiger charge is 2.09. The molecular weight excluding hydrogens is 356 g/mol. The molecule has 1 heterocycles. The van der Waals surface area contributed by atoms with Crippen molar-refractivity contribution in [3.05, 3.63) is 81.3 Å². The van der Waals surface area contributed by atoms with E-state index in [0.29, 0.717) is 16.6 Å². The Balaban J connectivity index is 1.73. The van der Waals surface area contributed by atoms with E-state index in [1.165, 1.54) is 11.3 Å².